The minimum Gasteiger partial charge on any atom is -0.391 e. The second-order valence-electron chi connectivity index (χ2n) is 9.93. The normalized spacial score (nSPS) is 19.8. The minimum atomic E-state index is -0.775. The van der Waals surface area contributed by atoms with Crippen LogP contribution in [0, 0.1) is 19.8 Å². The van der Waals surface area contributed by atoms with Crippen molar-refractivity contribution in [3.05, 3.63) is 64.6 Å². The number of hydrogen-bond acceptors (Lipinski definition) is 5. The lowest BCUT2D eigenvalue weighted by Gasteiger charge is -2.31. The third-order valence-corrected chi connectivity index (χ3v) is 7.95. The maximum absolute atomic E-state index is 13.8. The van der Waals surface area contributed by atoms with E-state index in [9.17, 15) is 14.7 Å². The third-order valence-electron chi connectivity index (χ3n) is 6.98. The van der Waals surface area contributed by atoms with Crippen LogP contribution < -0.4 is 5.73 Å². The summed E-state index contributed by atoms with van der Waals surface area (Å²) in [6.07, 6.45) is 1.53. The summed E-state index contributed by atoms with van der Waals surface area (Å²) in [5.74, 6) is -1.21. The molecule has 8 heteroatoms. The van der Waals surface area contributed by atoms with E-state index in [0.717, 1.165) is 28.1 Å². The van der Waals surface area contributed by atoms with Crippen molar-refractivity contribution in [1.29, 1.82) is 0 Å². The Morgan fingerprint density at radius 1 is 1.17 bits per heavy atom. The van der Waals surface area contributed by atoms with Crippen LogP contribution in [0.1, 0.15) is 61.7 Å². The lowest BCUT2D eigenvalue weighted by Crippen LogP contribution is -2.46. The molecule has 1 aliphatic heterocycles. The Kier molecular flexibility index (Phi) is 7.15. The van der Waals surface area contributed by atoms with Gasteiger partial charge in [0.05, 0.1) is 34.1 Å². The maximum atomic E-state index is 13.8. The van der Waals surface area contributed by atoms with Gasteiger partial charge in [-0.05, 0) is 49.4 Å². The summed E-state index contributed by atoms with van der Waals surface area (Å²) in [6.45, 7) is 10.3. The number of β-amino-alcohol motifs (C(OH)–C–C–N with tert-alkyl or cyclic N) is 1. The highest BCUT2D eigenvalue weighted by Crippen LogP contribution is 2.35. The first-order chi connectivity index (χ1) is 16.6. The van der Waals surface area contributed by atoms with Crippen molar-refractivity contribution in [2.45, 2.75) is 65.1 Å². The predicted octanol–water partition coefficient (Wildman–Crippen LogP) is 4.02. The van der Waals surface area contributed by atoms with Crippen molar-refractivity contribution < 1.29 is 14.7 Å². The molecular formula is C27H34N4O3S. The number of nitrogens with zero attached hydrogens (tertiary/aromatic N) is 3. The number of aliphatic hydroxyl groups excluding tert-OH is 1. The Morgan fingerprint density at radius 2 is 1.86 bits per heavy atom. The van der Waals surface area contributed by atoms with Crippen molar-refractivity contribution >= 4 is 23.2 Å². The van der Waals surface area contributed by atoms with Gasteiger partial charge in [0.25, 0.3) is 0 Å². The van der Waals surface area contributed by atoms with Crippen LogP contribution in [0.15, 0.2) is 42.0 Å². The van der Waals surface area contributed by atoms with Gasteiger partial charge in [-0.1, -0.05) is 38.1 Å². The number of rotatable bonds is 7. The molecule has 2 amide bonds. The van der Waals surface area contributed by atoms with Crippen LogP contribution in [-0.4, -0.2) is 50.1 Å². The number of aliphatic hydroxyl groups is 1. The van der Waals surface area contributed by atoms with Gasteiger partial charge in [-0.3, -0.25) is 9.59 Å². The van der Waals surface area contributed by atoms with Crippen LogP contribution in [0.3, 0.4) is 0 Å². The molecule has 35 heavy (non-hydrogen) atoms. The smallest absolute Gasteiger partial charge is 0.240 e. The number of hydrogen-bond donors (Lipinski definition) is 2. The molecule has 3 heterocycles. The van der Waals surface area contributed by atoms with Gasteiger partial charge in [-0.15, -0.1) is 11.3 Å². The van der Waals surface area contributed by atoms with Crippen molar-refractivity contribution in [3.8, 4) is 10.4 Å². The molecule has 0 aliphatic carbocycles. The molecule has 0 spiro atoms. The molecule has 186 valence electrons. The van der Waals surface area contributed by atoms with Gasteiger partial charge in [0.15, 0.2) is 0 Å². The SMILES string of the molecule is Cc1cc([C@H](C(=O)N2CC(O)CC2C(N)=O)C(C)C)n([C@@H](C)c2ccc(-c3scnc3C)cc2)c1. The predicted molar refractivity (Wildman–Crippen MR) is 138 cm³/mol. The quantitative estimate of drug-likeness (QED) is 0.518. The van der Waals surface area contributed by atoms with E-state index in [1.54, 1.807) is 11.3 Å². The molecule has 1 aliphatic rings. The van der Waals surface area contributed by atoms with Gasteiger partial charge < -0.3 is 20.3 Å². The van der Waals surface area contributed by atoms with E-state index >= 15 is 0 Å². The lowest BCUT2D eigenvalue weighted by atomic mass is 9.89. The summed E-state index contributed by atoms with van der Waals surface area (Å²) >= 11 is 1.63. The van der Waals surface area contributed by atoms with Crippen LogP contribution in [0.4, 0.5) is 0 Å². The number of primary amides is 1. The molecule has 7 nitrogen and oxygen atoms in total. The van der Waals surface area contributed by atoms with Crippen LogP contribution in [0.25, 0.3) is 10.4 Å². The fourth-order valence-electron chi connectivity index (χ4n) is 5.14. The Hall–Kier alpha value is -2.97. The van der Waals surface area contributed by atoms with Crippen molar-refractivity contribution in [3.63, 3.8) is 0 Å². The second-order valence-corrected chi connectivity index (χ2v) is 10.8. The van der Waals surface area contributed by atoms with E-state index in [0.29, 0.717) is 0 Å². The average molecular weight is 495 g/mol. The van der Waals surface area contributed by atoms with E-state index in [4.69, 9.17) is 5.73 Å². The molecule has 0 radical (unpaired) electrons. The van der Waals surface area contributed by atoms with E-state index in [1.165, 1.54) is 9.78 Å². The summed E-state index contributed by atoms with van der Waals surface area (Å²) in [5, 5.41) is 10.2. The first-order valence-corrected chi connectivity index (χ1v) is 12.9. The number of aromatic nitrogens is 2. The highest BCUT2D eigenvalue weighted by atomic mass is 32.1. The second kappa shape index (κ2) is 9.95. The average Bonchev–Trinajstić information content (AvgIpc) is 3.51. The van der Waals surface area contributed by atoms with E-state index < -0.39 is 24.0 Å². The Balaban J connectivity index is 1.67. The van der Waals surface area contributed by atoms with Gasteiger partial charge in [-0.2, -0.15) is 0 Å². The Labute approximate surface area is 210 Å². The van der Waals surface area contributed by atoms with E-state index in [2.05, 4.69) is 53.0 Å². The molecule has 4 rings (SSSR count). The van der Waals surface area contributed by atoms with Crippen molar-refractivity contribution in [2.24, 2.45) is 11.7 Å². The van der Waals surface area contributed by atoms with Gasteiger partial charge in [0.2, 0.25) is 11.8 Å². The van der Waals surface area contributed by atoms with E-state index in [-0.39, 0.29) is 30.8 Å². The highest BCUT2D eigenvalue weighted by molar-refractivity contribution is 7.13. The number of carbonyl (C=O) groups is 2. The zero-order chi connectivity index (χ0) is 25.4. The minimum absolute atomic E-state index is 0.000429. The van der Waals surface area contributed by atoms with Gasteiger partial charge in [0, 0.05) is 24.9 Å². The molecule has 1 fully saturated rings. The van der Waals surface area contributed by atoms with Crippen LogP contribution in [-0.2, 0) is 9.59 Å². The summed E-state index contributed by atoms with van der Waals surface area (Å²) in [7, 11) is 0. The molecule has 1 saturated heterocycles. The molecule has 2 aromatic heterocycles. The van der Waals surface area contributed by atoms with Crippen molar-refractivity contribution in [1.82, 2.24) is 14.5 Å². The van der Waals surface area contributed by atoms with Crippen LogP contribution >= 0.6 is 11.3 Å². The van der Waals surface area contributed by atoms with Gasteiger partial charge in [-0.25, -0.2) is 4.98 Å². The lowest BCUT2D eigenvalue weighted by molar-refractivity contribution is -0.139. The highest BCUT2D eigenvalue weighted by Gasteiger charge is 2.42. The number of benzene rings is 1. The Bertz CT molecular complexity index is 1210. The summed E-state index contributed by atoms with van der Waals surface area (Å²) < 4.78 is 2.16. The Morgan fingerprint density at radius 3 is 2.43 bits per heavy atom. The number of likely N-dealkylation sites (tertiary alicyclic amines) is 1. The standard InChI is InChI=1S/C27H34N4O3S/c1-15(2)24(27(34)31-13-21(32)11-23(31)26(28)33)22-10-16(3)12-30(22)18(5)19-6-8-20(9-7-19)25-17(4)29-14-35-25/h6-10,12,14-15,18,21,23-24,32H,11,13H2,1-5H3,(H2,28,33)/t18-,21?,23?,24+/m0/s1. The third kappa shape index (κ3) is 4.90. The number of carbonyl (C=O) groups excluding carboxylic acids is 2. The first-order valence-electron chi connectivity index (χ1n) is 12.0. The summed E-state index contributed by atoms with van der Waals surface area (Å²) in [6, 6.07) is 9.78. The number of thiazole rings is 1. The van der Waals surface area contributed by atoms with Crippen LogP contribution in [0.5, 0.6) is 0 Å². The first kappa shape index (κ1) is 25.1. The molecule has 2 unspecified atom stereocenters. The monoisotopic (exact) mass is 494 g/mol. The summed E-state index contributed by atoms with van der Waals surface area (Å²) in [4.78, 5) is 32.8. The van der Waals surface area contributed by atoms with Gasteiger partial charge >= 0.3 is 0 Å². The van der Waals surface area contributed by atoms with E-state index in [1.807, 2.05) is 33.2 Å². The molecular weight excluding hydrogens is 460 g/mol. The summed E-state index contributed by atoms with van der Waals surface area (Å²) in [5.41, 5.74) is 12.7. The zero-order valence-electron chi connectivity index (χ0n) is 20.9. The van der Waals surface area contributed by atoms with Crippen molar-refractivity contribution in [2.75, 3.05) is 6.54 Å². The van der Waals surface area contributed by atoms with Gasteiger partial charge in [0.1, 0.15) is 6.04 Å². The largest absolute Gasteiger partial charge is 0.391 e. The van der Waals surface area contributed by atoms with Crippen LogP contribution in [0.2, 0.25) is 0 Å². The molecule has 0 bridgehead atoms. The molecule has 1 aromatic carbocycles. The molecule has 0 saturated carbocycles. The number of amides is 2. The fourth-order valence-corrected chi connectivity index (χ4v) is 5.95. The number of aryl methyl sites for hydroxylation is 2. The molecule has 3 N–H and O–H groups in total. The zero-order valence-corrected chi connectivity index (χ0v) is 21.7. The molecule has 4 atom stereocenters. The molecule has 3 aromatic rings. The topological polar surface area (TPSA) is 101 Å². The fraction of sp³-hybridized carbons (Fsp3) is 0.444. The maximum Gasteiger partial charge on any atom is 0.240 e. The number of nitrogens with two attached hydrogens (primary N) is 1.